The molecule has 82 valence electrons. The lowest BCUT2D eigenvalue weighted by atomic mass is 10.2. The molecular formula is C8H8BrF2N3O. The number of hydrogen-bond acceptors (Lipinski definition) is 4. The second-order valence-electron chi connectivity index (χ2n) is 3.24. The predicted molar refractivity (Wildman–Crippen MR) is 53.4 cm³/mol. The molecule has 2 heterocycles. The van der Waals surface area contributed by atoms with Crippen molar-refractivity contribution in [1.82, 2.24) is 9.97 Å². The Balaban J connectivity index is 2.17. The highest BCUT2D eigenvalue weighted by Gasteiger charge is 2.45. The van der Waals surface area contributed by atoms with Crippen LogP contribution in [0.3, 0.4) is 0 Å². The first-order chi connectivity index (χ1) is 7.02. The van der Waals surface area contributed by atoms with Gasteiger partial charge in [-0.1, -0.05) is 0 Å². The maximum atomic E-state index is 12.6. The summed E-state index contributed by atoms with van der Waals surface area (Å²) in [7, 11) is 1.46. The van der Waals surface area contributed by atoms with Gasteiger partial charge in [-0.25, -0.2) is 13.8 Å². The largest absolute Gasteiger partial charge is 0.480 e. The van der Waals surface area contributed by atoms with E-state index < -0.39 is 5.92 Å². The summed E-state index contributed by atoms with van der Waals surface area (Å²) < 4.78 is 30.7. The Morgan fingerprint density at radius 2 is 2.20 bits per heavy atom. The van der Waals surface area contributed by atoms with Gasteiger partial charge in [0, 0.05) is 0 Å². The molecule has 0 amide bonds. The van der Waals surface area contributed by atoms with Crippen LogP contribution in [-0.2, 0) is 0 Å². The number of methoxy groups -OCH3 is 1. The molecule has 1 saturated heterocycles. The third-order valence-corrected chi connectivity index (χ3v) is 2.56. The van der Waals surface area contributed by atoms with Crippen molar-refractivity contribution >= 4 is 21.9 Å². The fraction of sp³-hybridized carbons (Fsp3) is 0.500. The molecule has 1 aliphatic rings. The number of anilines is 1. The molecule has 2 rings (SSSR count). The Hall–Kier alpha value is -0.980. The van der Waals surface area contributed by atoms with E-state index in [1.54, 1.807) is 0 Å². The van der Waals surface area contributed by atoms with E-state index in [0.717, 1.165) is 0 Å². The molecule has 0 radical (unpaired) electrons. The Labute approximate surface area is 93.4 Å². The third kappa shape index (κ3) is 2.01. The smallest absolute Gasteiger partial charge is 0.282 e. The summed E-state index contributed by atoms with van der Waals surface area (Å²) in [4.78, 5) is 9.32. The van der Waals surface area contributed by atoms with Crippen LogP contribution in [-0.4, -0.2) is 36.1 Å². The molecule has 0 spiro atoms. The summed E-state index contributed by atoms with van der Waals surface area (Å²) in [5.41, 5.74) is 0. The number of aromatic nitrogens is 2. The number of hydrogen-bond donors (Lipinski definition) is 0. The van der Waals surface area contributed by atoms with Crippen LogP contribution in [0.15, 0.2) is 10.7 Å². The van der Waals surface area contributed by atoms with Gasteiger partial charge in [-0.05, 0) is 15.9 Å². The molecule has 1 fully saturated rings. The maximum absolute atomic E-state index is 12.6. The zero-order chi connectivity index (χ0) is 11.1. The Morgan fingerprint density at radius 1 is 1.53 bits per heavy atom. The second-order valence-corrected chi connectivity index (χ2v) is 4.09. The zero-order valence-electron chi connectivity index (χ0n) is 7.88. The number of ether oxygens (including phenoxy) is 1. The Kier molecular flexibility index (Phi) is 2.49. The van der Waals surface area contributed by atoms with Gasteiger partial charge in [-0.3, -0.25) is 0 Å². The van der Waals surface area contributed by atoms with E-state index in [0.29, 0.717) is 10.4 Å². The van der Waals surface area contributed by atoms with E-state index >= 15 is 0 Å². The summed E-state index contributed by atoms with van der Waals surface area (Å²) in [6.07, 6.45) is 1.48. The first-order valence-corrected chi connectivity index (χ1v) is 5.00. The van der Waals surface area contributed by atoms with Crippen LogP contribution >= 0.6 is 15.9 Å². The molecule has 1 aromatic rings. The van der Waals surface area contributed by atoms with Crippen molar-refractivity contribution in [2.45, 2.75) is 5.92 Å². The van der Waals surface area contributed by atoms with E-state index in [9.17, 15) is 8.78 Å². The second kappa shape index (κ2) is 3.55. The van der Waals surface area contributed by atoms with E-state index in [1.807, 2.05) is 0 Å². The van der Waals surface area contributed by atoms with E-state index in [1.165, 1.54) is 18.2 Å². The summed E-state index contributed by atoms with van der Waals surface area (Å²) in [6, 6.07) is 0. The van der Waals surface area contributed by atoms with E-state index in [4.69, 9.17) is 4.74 Å². The average molecular weight is 280 g/mol. The van der Waals surface area contributed by atoms with Crippen molar-refractivity contribution in [2.75, 3.05) is 25.1 Å². The standard InChI is InChI=1S/C8H8BrF2N3O/c1-15-6-5(9)2-12-7(13-6)14-3-8(10,11)4-14/h2H,3-4H2,1H3. The SMILES string of the molecule is COc1nc(N2CC(F)(F)C2)ncc1Br. The summed E-state index contributed by atoms with van der Waals surface area (Å²) in [6.45, 7) is -0.671. The average Bonchev–Trinajstić information content (AvgIpc) is 2.15. The molecule has 1 aliphatic heterocycles. The molecule has 0 atom stereocenters. The van der Waals surface area contributed by atoms with Crippen LogP contribution in [0.1, 0.15) is 0 Å². The fourth-order valence-corrected chi connectivity index (χ4v) is 1.64. The fourth-order valence-electron chi connectivity index (χ4n) is 1.29. The molecule has 0 saturated carbocycles. The van der Waals surface area contributed by atoms with Crippen molar-refractivity contribution in [3.05, 3.63) is 10.7 Å². The lowest BCUT2D eigenvalue weighted by Crippen LogP contribution is -2.57. The van der Waals surface area contributed by atoms with Crippen LogP contribution in [0.5, 0.6) is 5.88 Å². The summed E-state index contributed by atoms with van der Waals surface area (Å²) in [5, 5.41) is 0. The molecule has 0 bridgehead atoms. The van der Waals surface area contributed by atoms with Crippen molar-refractivity contribution in [1.29, 1.82) is 0 Å². The normalized spacial score (nSPS) is 18.5. The highest BCUT2D eigenvalue weighted by Crippen LogP contribution is 2.31. The van der Waals surface area contributed by atoms with E-state index in [-0.39, 0.29) is 19.0 Å². The quantitative estimate of drug-likeness (QED) is 0.826. The number of rotatable bonds is 2. The molecule has 1 aromatic heterocycles. The minimum absolute atomic E-state index is 0.265. The van der Waals surface area contributed by atoms with Gasteiger partial charge >= 0.3 is 0 Å². The lowest BCUT2D eigenvalue weighted by Gasteiger charge is -2.38. The molecule has 4 nitrogen and oxygen atoms in total. The van der Waals surface area contributed by atoms with Gasteiger partial charge in [0.2, 0.25) is 11.8 Å². The zero-order valence-corrected chi connectivity index (χ0v) is 9.46. The molecule has 7 heteroatoms. The number of alkyl halides is 2. The number of halogens is 3. The van der Waals surface area contributed by atoms with Gasteiger partial charge in [-0.15, -0.1) is 0 Å². The summed E-state index contributed by atoms with van der Waals surface area (Å²) in [5.74, 6) is -2.01. The van der Waals surface area contributed by atoms with Crippen molar-refractivity contribution in [2.24, 2.45) is 0 Å². The van der Waals surface area contributed by atoms with Gasteiger partial charge in [-0.2, -0.15) is 4.98 Å². The third-order valence-electron chi connectivity index (χ3n) is 2.02. The highest BCUT2D eigenvalue weighted by molar-refractivity contribution is 9.10. The molecule has 0 unspecified atom stereocenters. The Morgan fingerprint density at radius 3 is 2.73 bits per heavy atom. The summed E-state index contributed by atoms with van der Waals surface area (Å²) >= 11 is 3.19. The molecular weight excluding hydrogens is 272 g/mol. The monoisotopic (exact) mass is 279 g/mol. The van der Waals surface area contributed by atoms with Gasteiger partial charge in [0.25, 0.3) is 5.92 Å². The lowest BCUT2D eigenvalue weighted by molar-refractivity contribution is -0.0272. The van der Waals surface area contributed by atoms with Crippen LogP contribution in [0.25, 0.3) is 0 Å². The maximum Gasteiger partial charge on any atom is 0.282 e. The van der Waals surface area contributed by atoms with Crippen LogP contribution in [0, 0.1) is 0 Å². The number of nitrogens with zero attached hydrogens (tertiary/aromatic N) is 3. The molecule has 15 heavy (non-hydrogen) atoms. The Bertz CT molecular complexity index is 380. The van der Waals surface area contributed by atoms with Gasteiger partial charge in [0.1, 0.15) is 0 Å². The van der Waals surface area contributed by atoms with E-state index in [2.05, 4.69) is 25.9 Å². The topological polar surface area (TPSA) is 38.2 Å². The van der Waals surface area contributed by atoms with Crippen molar-refractivity contribution in [3.8, 4) is 5.88 Å². The highest BCUT2D eigenvalue weighted by atomic mass is 79.9. The van der Waals surface area contributed by atoms with Crippen LogP contribution < -0.4 is 9.64 Å². The minimum atomic E-state index is -2.62. The molecule has 0 aromatic carbocycles. The van der Waals surface area contributed by atoms with Crippen molar-refractivity contribution in [3.63, 3.8) is 0 Å². The first kappa shape index (κ1) is 10.5. The first-order valence-electron chi connectivity index (χ1n) is 4.21. The van der Waals surface area contributed by atoms with Gasteiger partial charge < -0.3 is 9.64 Å². The predicted octanol–water partition coefficient (Wildman–Crippen LogP) is 1.70. The minimum Gasteiger partial charge on any atom is -0.480 e. The van der Waals surface area contributed by atoms with Gasteiger partial charge in [0.15, 0.2) is 0 Å². The van der Waals surface area contributed by atoms with Gasteiger partial charge in [0.05, 0.1) is 30.9 Å². The molecule has 0 aliphatic carbocycles. The van der Waals surface area contributed by atoms with Crippen LogP contribution in [0.4, 0.5) is 14.7 Å². The van der Waals surface area contributed by atoms with Crippen molar-refractivity contribution < 1.29 is 13.5 Å². The molecule has 0 N–H and O–H groups in total. The van der Waals surface area contributed by atoms with Crippen LogP contribution in [0.2, 0.25) is 0 Å².